The molecule has 8 heteroatoms. The minimum atomic E-state index is -4.06. The first-order valence-electron chi connectivity index (χ1n) is 12.4. The van der Waals surface area contributed by atoms with Crippen LogP contribution in [-0.2, 0) is 19.6 Å². The molecule has 3 aromatic carbocycles. The summed E-state index contributed by atoms with van der Waals surface area (Å²) in [6, 6.07) is 22.8. The van der Waals surface area contributed by atoms with E-state index in [1.54, 1.807) is 46.8 Å². The molecule has 2 atom stereocenters. The van der Waals surface area contributed by atoms with Crippen LogP contribution in [0.3, 0.4) is 0 Å². The number of aliphatic imine (C=N–C) groups is 1. The van der Waals surface area contributed by atoms with Gasteiger partial charge in [0.1, 0.15) is 5.60 Å². The third kappa shape index (κ3) is 8.00. The van der Waals surface area contributed by atoms with Crippen molar-refractivity contribution in [2.75, 3.05) is 0 Å². The highest BCUT2D eigenvalue weighted by Crippen LogP contribution is 2.28. The van der Waals surface area contributed by atoms with Crippen molar-refractivity contribution in [3.63, 3.8) is 0 Å². The monoisotopic (exact) mass is 554 g/mol. The average Bonchev–Trinajstić information content (AvgIpc) is 2.83. The zero-order valence-corrected chi connectivity index (χ0v) is 24.2. The minimum absolute atomic E-state index is 0.0623. The molecule has 0 unspecified atom stereocenters. The number of alkyl halides is 1. The number of esters is 1. The van der Waals surface area contributed by atoms with Gasteiger partial charge < -0.3 is 4.74 Å². The Morgan fingerprint density at radius 1 is 0.842 bits per heavy atom. The standard InChI is InChI=1S/C30H35ClN2O4S/c1-21-17-19-24(20-18-21)38(35,36)33-27(30(5,6)31)26(28(34)37-29(2,3)4)32-25(22-13-9-7-10-14-22)23-15-11-8-12-16-23/h7-20,26-27,33H,1-6H3/t26-,27+/m1/s1. The van der Waals surface area contributed by atoms with Crippen molar-refractivity contribution in [3.8, 4) is 0 Å². The van der Waals surface area contributed by atoms with Crippen molar-refractivity contribution in [1.82, 2.24) is 4.72 Å². The Morgan fingerprint density at radius 3 is 1.74 bits per heavy atom. The number of nitrogens with one attached hydrogen (secondary N) is 1. The van der Waals surface area contributed by atoms with E-state index in [0.29, 0.717) is 5.71 Å². The van der Waals surface area contributed by atoms with E-state index in [0.717, 1.165) is 16.7 Å². The lowest BCUT2D eigenvalue weighted by atomic mass is 9.95. The van der Waals surface area contributed by atoms with Gasteiger partial charge in [-0.15, -0.1) is 11.6 Å². The first-order chi connectivity index (χ1) is 17.7. The summed E-state index contributed by atoms with van der Waals surface area (Å²) in [5.41, 5.74) is 2.13. The fourth-order valence-corrected chi connectivity index (χ4v) is 5.43. The second-order valence-electron chi connectivity index (χ2n) is 10.7. The van der Waals surface area contributed by atoms with Gasteiger partial charge in [-0.25, -0.2) is 17.9 Å². The van der Waals surface area contributed by atoms with Crippen LogP contribution in [0.4, 0.5) is 0 Å². The molecule has 0 aliphatic carbocycles. The van der Waals surface area contributed by atoms with Crippen LogP contribution in [-0.4, -0.2) is 42.7 Å². The van der Waals surface area contributed by atoms with Crippen LogP contribution in [0.2, 0.25) is 0 Å². The van der Waals surface area contributed by atoms with E-state index in [2.05, 4.69) is 4.72 Å². The van der Waals surface area contributed by atoms with Crippen LogP contribution >= 0.6 is 11.6 Å². The molecule has 0 bridgehead atoms. The minimum Gasteiger partial charge on any atom is -0.458 e. The Labute approximate surface area is 231 Å². The van der Waals surface area contributed by atoms with E-state index in [1.165, 1.54) is 12.1 Å². The van der Waals surface area contributed by atoms with Gasteiger partial charge in [0, 0.05) is 11.1 Å². The molecular formula is C30H35ClN2O4S. The van der Waals surface area contributed by atoms with E-state index >= 15 is 0 Å². The highest BCUT2D eigenvalue weighted by atomic mass is 35.5. The Balaban J connectivity index is 2.21. The molecular weight excluding hydrogens is 520 g/mol. The van der Waals surface area contributed by atoms with E-state index in [9.17, 15) is 13.2 Å². The molecule has 0 spiro atoms. The van der Waals surface area contributed by atoms with Crippen molar-refractivity contribution in [1.29, 1.82) is 0 Å². The summed E-state index contributed by atoms with van der Waals surface area (Å²) in [5.74, 6) is -0.688. The van der Waals surface area contributed by atoms with Crippen LogP contribution in [0.15, 0.2) is 94.8 Å². The maximum Gasteiger partial charge on any atom is 0.333 e. The molecule has 6 nitrogen and oxygen atoms in total. The third-order valence-corrected chi connectivity index (χ3v) is 7.37. The van der Waals surface area contributed by atoms with E-state index in [1.807, 2.05) is 67.6 Å². The Morgan fingerprint density at radius 2 is 1.32 bits per heavy atom. The number of ether oxygens (including phenoxy) is 1. The van der Waals surface area contributed by atoms with Gasteiger partial charge in [0.15, 0.2) is 6.04 Å². The molecule has 0 heterocycles. The van der Waals surface area contributed by atoms with Crippen molar-refractivity contribution >= 4 is 33.3 Å². The maximum absolute atomic E-state index is 13.7. The molecule has 0 aromatic heterocycles. The number of nitrogens with zero attached hydrogens (tertiary/aromatic N) is 1. The number of halogens is 1. The lowest BCUT2D eigenvalue weighted by molar-refractivity contribution is -0.157. The van der Waals surface area contributed by atoms with Gasteiger partial charge in [0.2, 0.25) is 10.0 Å². The molecule has 0 aliphatic heterocycles. The third-order valence-electron chi connectivity index (χ3n) is 5.68. The first kappa shape index (κ1) is 29.6. The van der Waals surface area contributed by atoms with E-state index in [4.69, 9.17) is 21.3 Å². The summed E-state index contributed by atoms with van der Waals surface area (Å²) in [4.78, 5) is 17.4. The Bertz CT molecular complexity index is 1320. The first-order valence-corrected chi connectivity index (χ1v) is 14.2. The number of aryl methyl sites for hydroxylation is 1. The van der Waals surface area contributed by atoms with Crippen LogP contribution < -0.4 is 4.72 Å². The van der Waals surface area contributed by atoms with Crippen LogP contribution in [0.5, 0.6) is 0 Å². The summed E-state index contributed by atoms with van der Waals surface area (Å²) < 4.78 is 35.4. The fraction of sp³-hybridized carbons (Fsp3) is 0.333. The largest absolute Gasteiger partial charge is 0.458 e. The van der Waals surface area contributed by atoms with Gasteiger partial charge in [-0.1, -0.05) is 78.4 Å². The highest BCUT2D eigenvalue weighted by Gasteiger charge is 2.43. The zero-order valence-electron chi connectivity index (χ0n) is 22.6. The number of carbonyl (C=O) groups is 1. The van der Waals surface area contributed by atoms with Crippen molar-refractivity contribution in [2.24, 2.45) is 4.99 Å². The number of rotatable bonds is 9. The molecule has 1 N–H and O–H groups in total. The van der Waals surface area contributed by atoms with Gasteiger partial charge in [-0.05, 0) is 53.7 Å². The number of benzene rings is 3. The molecule has 0 fully saturated rings. The molecule has 0 saturated carbocycles. The molecule has 38 heavy (non-hydrogen) atoms. The van der Waals surface area contributed by atoms with E-state index in [-0.39, 0.29) is 4.90 Å². The van der Waals surface area contributed by atoms with Gasteiger partial charge in [-0.3, -0.25) is 4.99 Å². The van der Waals surface area contributed by atoms with Crippen LogP contribution in [0.1, 0.15) is 51.3 Å². The number of sulfonamides is 1. The molecule has 0 radical (unpaired) electrons. The summed E-state index contributed by atoms with van der Waals surface area (Å²) in [6.45, 7) is 10.4. The normalized spacial score (nSPS) is 13.9. The zero-order chi connectivity index (χ0) is 28.1. The average molecular weight is 555 g/mol. The van der Waals surface area contributed by atoms with Gasteiger partial charge in [-0.2, -0.15) is 0 Å². The lowest BCUT2D eigenvalue weighted by Gasteiger charge is -2.34. The lowest BCUT2D eigenvalue weighted by Crippen LogP contribution is -2.56. The van der Waals surface area contributed by atoms with Crippen molar-refractivity contribution in [2.45, 2.75) is 69.0 Å². The van der Waals surface area contributed by atoms with Crippen LogP contribution in [0.25, 0.3) is 0 Å². The maximum atomic E-state index is 13.7. The molecule has 0 saturated heterocycles. The predicted octanol–water partition coefficient (Wildman–Crippen LogP) is 5.91. The molecule has 0 aliphatic rings. The fourth-order valence-electron chi connectivity index (χ4n) is 3.80. The Hall–Kier alpha value is -3.00. The van der Waals surface area contributed by atoms with Crippen molar-refractivity contribution in [3.05, 3.63) is 102 Å². The van der Waals surface area contributed by atoms with Crippen LogP contribution in [0, 0.1) is 6.92 Å². The summed E-state index contributed by atoms with van der Waals surface area (Å²) in [5, 5.41) is 0. The molecule has 0 amide bonds. The molecule has 202 valence electrons. The van der Waals surface area contributed by atoms with Crippen molar-refractivity contribution < 1.29 is 17.9 Å². The SMILES string of the molecule is Cc1ccc(S(=O)(=O)N[C@@H]([C@@H](N=C(c2ccccc2)c2ccccc2)C(=O)OC(C)(C)C)C(C)(C)Cl)cc1. The summed E-state index contributed by atoms with van der Waals surface area (Å²) in [7, 11) is -4.06. The summed E-state index contributed by atoms with van der Waals surface area (Å²) in [6.07, 6.45) is 0. The smallest absolute Gasteiger partial charge is 0.333 e. The number of carbonyl (C=O) groups excluding carboxylic acids is 1. The molecule has 3 rings (SSSR count). The predicted molar refractivity (Wildman–Crippen MR) is 153 cm³/mol. The highest BCUT2D eigenvalue weighted by molar-refractivity contribution is 7.89. The van der Waals surface area contributed by atoms with Gasteiger partial charge in [0.05, 0.1) is 21.5 Å². The second kappa shape index (κ2) is 11.8. The van der Waals surface area contributed by atoms with E-state index < -0.39 is 38.6 Å². The number of hydrogen-bond donors (Lipinski definition) is 1. The summed E-state index contributed by atoms with van der Waals surface area (Å²) >= 11 is 6.80. The quantitative estimate of drug-likeness (QED) is 0.202. The van der Waals surface area contributed by atoms with Gasteiger partial charge >= 0.3 is 5.97 Å². The topological polar surface area (TPSA) is 84.8 Å². The Kier molecular flexibility index (Phi) is 9.18. The van der Waals surface area contributed by atoms with Gasteiger partial charge in [0.25, 0.3) is 0 Å². The molecule has 3 aromatic rings. The number of hydrogen-bond acceptors (Lipinski definition) is 5. The second-order valence-corrected chi connectivity index (χ2v) is 13.4.